The molecule has 4 nitrogen and oxygen atoms in total. The fourth-order valence-electron chi connectivity index (χ4n) is 0.878. The summed E-state index contributed by atoms with van der Waals surface area (Å²) in [4.78, 5) is 0. The number of hydrogen-bond donors (Lipinski definition) is 2. The average molecular weight is 300 g/mol. The van der Waals surface area contributed by atoms with E-state index < -0.39 is 10.2 Å². The number of nitrogens with one attached hydrogen (secondary N) is 1. The molecule has 1 aromatic rings. The zero-order chi connectivity index (χ0) is 10.9. The summed E-state index contributed by atoms with van der Waals surface area (Å²) in [6.45, 7) is 1.81. The molecule has 14 heavy (non-hydrogen) atoms. The summed E-state index contributed by atoms with van der Waals surface area (Å²) in [6, 6.07) is 3.20. The summed E-state index contributed by atoms with van der Waals surface area (Å²) >= 11 is 9.01. The molecule has 0 heterocycles. The molecule has 0 unspecified atom stereocenters. The Hall–Kier alpha value is -0.300. The Balaban J connectivity index is 3.17. The minimum absolute atomic E-state index is 0.322. The molecule has 78 valence electrons. The smallest absolute Gasteiger partial charge is 0.270 e. The number of anilines is 1. The maximum Gasteiger partial charge on any atom is 0.296 e. The lowest BCUT2D eigenvalue weighted by atomic mass is 10.2. The van der Waals surface area contributed by atoms with Crippen molar-refractivity contribution in [3.8, 4) is 0 Å². The maximum absolute atomic E-state index is 10.8. The van der Waals surface area contributed by atoms with Crippen molar-refractivity contribution in [3.05, 3.63) is 27.2 Å². The lowest BCUT2D eigenvalue weighted by Gasteiger charge is -2.08. The first-order valence-corrected chi connectivity index (χ1v) is 6.27. The van der Waals surface area contributed by atoms with Crippen molar-refractivity contribution in [1.29, 1.82) is 0 Å². The van der Waals surface area contributed by atoms with Crippen molar-refractivity contribution in [2.45, 2.75) is 6.92 Å². The SMILES string of the molecule is Cc1cc(Br)c(NS(N)(=O)=O)cc1Cl. The first kappa shape index (κ1) is 11.8. The molecule has 0 amide bonds. The van der Waals surface area contributed by atoms with Gasteiger partial charge in [-0.3, -0.25) is 4.72 Å². The minimum atomic E-state index is -3.77. The summed E-state index contributed by atoms with van der Waals surface area (Å²) < 4.78 is 24.2. The van der Waals surface area contributed by atoms with E-state index in [1.807, 2.05) is 6.92 Å². The molecular formula is C7H8BrClN2O2S. The van der Waals surface area contributed by atoms with Crippen molar-refractivity contribution >= 4 is 43.4 Å². The van der Waals surface area contributed by atoms with Crippen LogP contribution in [0, 0.1) is 6.92 Å². The monoisotopic (exact) mass is 298 g/mol. The second-order valence-electron chi connectivity index (χ2n) is 2.73. The molecule has 0 aliphatic heterocycles. The van der Waals surface area contributed by atoms with Gasteiger partial charge in [0.05, 0.1) is 5.69 Å². The topological polar surface area (TPSA) is 72.2 Å². The van der Waals surface area contributed by atoms with Crippen molar-refractivity contribution in [1.82, 2.24) is 0 Å². The number of hydrogen-bond acceptors (Lipinski definition) is 2. The molecule has 0 saturated carbocycles. The van der Waals surface area contributed by atoms with Crippen LogP contribution in [0.2, 0.25) is 5.02 Å². The molecule has 0 spiro atoms. The fraction of sp³-hybridized carbons (Fsp3) is 0.143. The fourth-order valence-corrected chi connectivity index (χ4v) is 2.21. The van der Waals surface area contributed by atoms with E-state index in [9.17, 15) is 8.42 Å². The van der Waals surface area contributed by atoms with E-state index in [1.54, 1.807) is 6.07 Å². The van der Waals surface area contributed by atoms with Gasteiger partial charge in [-0.2, -0.15) is 8.42 Å². The van der Waals surface area contributed by atoms with Crippen molar-refractivity contribution in [2.24, 2.45) is 5.14 Å². The lowest BCUT2D eigenvalue weighted by Crippen LogP contribution is -2.21. The molecule has 0 saturated heterocycles. The van der Waals surface area contributed by atoms with Crippen LogP contribution in [0.4, 0.5) is 5.69 Å². The van der Waals surface area contributed by atoms with Crippen LogP contribution in [0.5, 0.6) is 0 Å². The molecular weight excluding hydrogens is 292 g/mol. The molecule has 7 heteroatoms. The van der Waals surface area contributed by atoms with Gasteiger partial charge >= 0.3 is 0 Å². The normalized spacial score (nSPS) is 11.4. The maximum atomic E-state index is 10.8. The zero-order valence-corrected chi connectivity index (χ0v) is 10.4. The highest BCUT2D eigenvalue weighted by atomic mass is 79.9. The van der Waals surface area contributed by atoms with Crippen LogP contribution in [0.15, 0.2) is 16.6 Å². The third-order valence-electron chi connectivity index (χ3n) is 1.50. The Morgan fingerprint density at radius 3 is 2.57 bits per heavy atom. The average Bonchev–Trinajstić information content (AvgIpc) is 1.97. The second-order valence-corrected chi connectivity index (χ2v) is 5.28. The molecule has 0 atom stereocenters. The predicted molar refractivity (Wildman–Crippen MR) is 60.6 cm³/mol. The molecule has 0 aliphatic carbocycles. The summed E-state index contributed by atoms with van der Waals surface area (Å²) in [6.07, 6.45) is 0. The van der Waals surface area contributed by atoms with Crippen molar-refractivity contribution < 1.29 is 8.42 Å². The zero-order valence-electron chi connectivity index (χ0n) is 7.21. The van der Waals surface area contributed by atoms with Crippen LogP contribution in [0.1, 0.15) is 5.56 Å². The molecule has 0 radical (unpaired) electrons. The molecule has 0 aliphatic rings. The van der Waals surface area contributed by atoms with Gasteiger partial charge in [0, 0.05) is 9.50 Å². The number of aryl methyl sites for hydroxylation is 1. The highest BCUT2D eigenvalue weighted by Crippen LogP contribution is 2.29. The Bertz CT molecular complexity index is 461. The standard InChI is InChI=1S/C7H8BrClN2O2S/c1-4-2-5(8)7(3-6(4)9)11-14(10,12)13/h2-3,11H,1H3,(H2,10,12,13). The van der Waals surface area contributed by atoms with Gasteiger partial charge in [-0.1, -0.05) is 11.6 Å². The highest BCUT2D eigenvalue weighted by molar-refractivity contribution is 9.10. The first-order chi connectivity index (χ1) is 6.29. The van der Waals surface area contributed by atoms with Crippen LogP contribution >= 0.6 is 27.5 Å². The minimum Gasteiger partial charge on any atom is -0.270 e. The van der Waals surface area contributed by atoms with Gasteiger partial charge in [0.1, 0.15) is 0 Å². The molecule has 3 N–H and O–H groups in total. The van der Waals surface area contributed by atoms with E-state index in [0.717, 1.165) is 5.56 Å². The van der Waals surface area contributed by atoms with Crippen LogP contribution in [-0.2, 0) is 10.2 Å². The Kier molecular flexibility index (Phi) is 3.41. The predicted octanol–water partition coefficient (Wildman–Crippen LogP) is 2.03. The third-order valence-corrected chi connectivity index (χ3v) is 3.07. The van der Waals surface area contributed by atoms with Gasteiger partial charge < -0.3 is 0 Å². The molecule has 0 bridgehead atoms. The van der Waals surface area contributed by atoms with E-state index in [2.05, 4.69) is 20.7 Å². The first-order valence-electron chi connectivity index (χ1n) is 3.56. The van der Waals surface area contributed by atoms with E-state index in [1.165, 1.54) is 6.07 Å². The van der Waals surface area contributed by atoms with Gasteiger partial charge in [-0.05, 0) is 40.5 Å². The largest absolute Gasteiger partial charge is 0.296 e. The summed E-state index contributed by atoms with van der Waals surface area (Å²) in [5.74, 6) is 0. The third kappa shape index (κ3) is 3.13. The van der Waals surface area contributed by atoms with Gasteiger partial charge in [-0.25, -0.2) is 5.14 Å². The van der Waals surface area contributed by atoms with Gasteiger partial charge in [0.25, 0.3) is 10.2 Å². The van der Waals surface area contributed by atoms with E-state index in [0.29, 0.717) is 15.2 Å². The van der Waals surface area contributed by atoms with Crippen LogP contribution in [0.3, 0.4) is 0 Å². The van der Waals surface area contributed by atoms with Crippen LogP contribution in [0.25, 0.3) is 0 Å². The van der Waals surface area contributed by atoms with E-state index >= 15 is 0 Å². The summed E-state index contributed by atoms with van der Waals surface area (Å²) in [7, 11) is -3.77. The Morgan fingerprint density at radius 2 is 2.07 bits per heavy atom. The van der Waals surface area contributed by atoms with Gasteiger partial charge in [-0.15, -0.1) is 0 Å². The summed E-state index contributed by atoms with van der Waals surface area (Å²) in [5.41, 5.74) is 1.17. The van der Waals surface area contributed by atoms with Gasteiger partial charge in [0.15, 0.2) is 0 Å². The Labute approximate surface area is 95.8 Å². The lowest BCUT2D eigenvalue weighted by molar-refractivity contribution is 0.603. The Morgan fingerprint density at radius 1 is 1.50 bits per heavy atom. The number of rotatable bonds is 2. The molecule has 1 rings (SSSR count). The van der Waals surface area contributed by atoms with Crippen molar-refractivity contribution in [3.63, 3.8) is 0 Å². The molecule has 0 fully saturated rings. The molecule has 0 aromatic heterocycles. The van der Waals surface area contributed by atoms with Crippen LogP contribution < -0.4 is 9.86 Å². The second kappa shape index (κ2) is 4.06. The van der Waals surface area contributed by atoms with Gasteiger partial charge in [0.2, 0.25) is 0 Å². The number of benzene rings is 1. The number of halogens is 2. The van der Waals surface area contributed by atoms with E-state index in [4.69, 9.17) is 16.7 Å². The van der Waals surface area contributed by atoms with E-state index in [-0.39, 0.29) is 0 Å². The number of nitrogens with two attached hydrogens (primary N) is 1. The molecule has 1 aromatic carbocycles. The summed E-state index contributed by atoms with van der Waals surface area (Å²) in [5, 5.41) is 5.29. The highest BCUT2D eigenvalue weighted by Gasteiger charge is 2.08. The van der Waals surface area contributed by atoms with Crippen molar-refractivity contribution in [2.75, 3.05) is 4.72 Å². The quantitative estimate of drug-likeness (QED) is 0.877. The van der Waals surface area contributed by atoms with Crippen LogP contribution in [-0.4, -0.2) is 8.42 Å².